The number of nitrogens with zero attached hydrogens (tertiary/aromatic N) is 3. The van der Waals surface area contributed by atoms with Crippen LogP contribution in [0.25, 0.3) is 11.3 Å². The van der Waals surface area contributed by atoms with Gasteiger partial charge >= 0.3 is 6.03 Å². The number of methoxy groups -OCH3 is 1. The molecule has 0 atom stereocenters. The first-order valence-electron chi connectivity index (χ1n) is 6.92. The molecule has 0 aliphatic heterocycles. The Balaban J connectivity index is 2.01. The fourth-order valence-corrected chi connectivity index (χ4v) is 1.79. The molecule has 0 spiro atoms. The summed E-state index contributed by atoms with van der Waals surface area (Å²) >= 11 is 0. The number of carbonyl (C=O) groups excluding carboxylic acids is 1. The van der Waals surface area contributed by atoms with Gasteiger partial charge in [-0.2, -0.15) is 0 Å². The van der Waals surface area contributed by atoms with Gasteiger partial charge in [-0.25, -0.2) is 14.8 Å². The van der Waals surface area contributed by atoms with E-state index in [9.17, 15) is 4.79 Å². The zero-order chi connectivity index (χ0) is 15.2. The average molecular weight is 288 g/mol. The smallest absolute Gasteiger partial charge is 0.326 e. The summed E-state index contributed by atoms with van der Waals surface area (Å²) in [6, 6.07) is 3.45. The number of aromatic nitrogens is 3. The van der Waals surface area contributed by atoms with Crippen molar-refractivity contribution in [3.8, 4) is 17.1 Å². The summed E-state index contributed by atoms with van der Waals surface area (Å²) in [7, 11) is 1.57. The topological polar surface area (TPSA) is 69.0 Å². The quantitative estimate of drug-likeness (QED) is 0.918. The van der Waals surface area contributed by atoms with Gasteiger partial charge in [-0.15, -0.1) is 0 Å². The second-order valence-corrected chi connectivity index (χ2v) is 5.17. The Bertz CT molecular complexity index is 590. The fraction of sp³-hybridized carbons (Fsp3) is 0.400. The highest BCUT2D eigenvalue weighted by Crippen LogP contribution is 2.17. The lowest BCUT2D eigenvalue weighted by Crippen LogP contribution is -2.29. The molecule has 0 bridgehead atoms. The van der Waals surface area contributed by atoms with Gasteiger partial charge in [0, 0.05) is 30.6 Å². The van der Waals surface area contributed by atoms with Gasteiger partial charge in [-0.05, 0) is 18.4 Å². The molecule has 0 unspecified atom stereocenters. The van der Waals surface area contributed by atoms with Crippen LogP contribution in [0.4, 0.5) is 4.79 Å². The molecule has 2 heterocycles. The van der Waals surface area contributed by atoms with Crippen molar-refractivity contribution in [3.05, 3.63) is 30.9 Å². The average Bonchev–Trinajstić information content (AvgIpc) is 2.97. The van der Waals surface area contributed by atoms with Crippen LogP contribution < -0.4 is 10.1 Å². The molecule has 0 saturated heterocycles. The Hall–Kier alpha value is -2.37. The molecule has 6 heteroatoms. The number of nitrogens with one attached hydrogen (secondary N) is 1. The van der Waals surface area contributed by atoms with Crippen molar-refractivity contribution in [1.29, 1.82) is 0 Å². The van der Waals surface area contributed by atoms with E-state index in [0.717, 1.165) is 12.0 Å². The number of pyridine rings is 1. The summed E-state index contributed by atoms with van der Waals surface area (Å²) in [5.74, 6) is 1.11. The van der Waals surface area contributed by atoms with Crippen molar-refractivity contribution in [1.82, 2.24) is 19.9 Å². The Morgan fingerprint density at radius 2 is 2.19 bits per heavy atom. The van der Waals surface area contributed by atoms with E-state index >= 15 is 0 Å². The van der Waals surface area contributed by atoms with Crippen LogP contribution in [-0.2, 0) is 0 Å². The molecule has 2 rings (SSSR count). The number of amides is 1. The van der Waals surface area contributed by atoms with Crippen LogP contribution in [0, 0.1) is 5.92 Å². The van der Waals surface area contributed by atoms with Gasteiger partial charge in [-0.3, -0.25) is 4.57 Å². The predicted octanol–water partition coefficient (Wildman–Crippen LogP) is 2.56. The Kier molecular flexibility index (Phi) is 4.92. The number of hydrogen-bond donors (Lipinski definition) is 1. The predicted molar refractivity (Wildman–Crippen MR) is 80.3 cm³/mol. The molecule has 2 aromatic rings. The zero-order valence-corrected chi connectivity index (χ0v) is 12.5. The maximum Gasteiger partial charge on any atom is 0.326 e. The molecule has 0 aliphatic rings. The Morgan fingerprint density at radius 1 is 1.38 bits per heavy atom. The zero-order valence-electron chi connectivity index (χ0n) is 12.5. The van der Waals surface area contributed by atoms with Crippen molar-refractivity contribution in [3.63, 3.8) is 0 Å². The summed E-state index contributed by atoms with van der Waals surface area (Å²) < 4.78 is 6.46. The minimum absolute atomic E-state index is 0.170. The summed E-state index contributed by atoms with van der Waals surface area (Å²) in [6.07, 6.45) is 5.82. The highest BCUT2D eigenvalue weighted by Gasteiger charge is 2.08. The van der Waals surface area contributed by atoms with E-state index in [1.807, 2.05) is 6.07 Å². The molecular weight excluding hydrogens is 268 g/mol. The molecule has 0 aromatic carbocycles. The first-order chi connectivity index (χ1) is 10.1. The minimum atomic E-state index is -0.170. The summed E-state index contributed by atoms with van der Waals surface area (Å²) in [4.78, 5) is 20.3. The summed E-state index contributed by atoms with van der Waals surface area (Å²) in [6.45, 7) is 4.91. The van der Waals surface area contributed by atoms with Crippen molar-refractivity contribution in [2.45, 2.75) is 20.3 Å². The lowest BCUT2D eigenvalue weighted by molar-refractivity contribution is 0.242. The van der Waals surface area contributed by atoms with Crippen LogP contribution >= 0.6 is 0 Å². The third kappa shape index (κ3) is 4.05. The van der Waals surface area contributed by atoms with E-state index in [1.54, 1.807) is 25.6 Å². The van der Waals surface area contributed by atoms with Crippen LogP contribution in [0.15, 0.2) is 30.9 Å². The standard InChI is InChI=1S/C15H20N4O2/c1-11(2)6-7-16-15(20)19-9-13(18-10-19)12-4-5-14(21-3)17-8-12/h4-5,8-11H,6-7H2,1-3H3,(H,16,20). The van der Waals surface area contributed by atoms with Crippen LogP contribution in [0.2, 0.25) is 0 Å². The monoisotopic (exact) mass is 288 g/mol. The van der Waals surface area contributed by atoms with E-state index < -0.39 is 0 Å². The van der Waals surface area contributed by atoms with E-state index in [4.69, 9.17) is 4.74 Å². The van der Waals surface area contributed by atoms with Crippen molar-refractivity contribution < 1.29 is 9.53 Å². The van der Waals surface area contributed by atoms with Gasteiger partial charge in [0.05, 0.1) is 12.8 Å². The lowest BCUT2D eigenvalue weighted by atomic mass is 10.1. The van der Waals surface area contributed by atoms with Crippen LogP contribution in [0.3, 0.4) is 0 Å². The van der Waals surface area contributed by atoms with Crippen molar-refractivity contribution in [2.75, 3.05) is 13.7 Å². The van der Waals surface area contributed by atoms with Crippen LogP contribution in [0.5, 0.6) is 5.88 Å². The van der Waals surface area contributed by atoms with E-state index in [2.05, 4.69) is 29.1 Å². The molecular formula is C15H20N4O2. The van der Waals surface area contributed by atoms with Gasteiger partial charge in [0.2, 0.25) is 5.88 Å². The number of carbonyl (C=O) groups is 1. The first kappa shape index (κ1) is 15.0. The highest BCUT2D eigenvalue weighted by atomic mass is 16.5. The fourth-order valence-electron chi connectivity index (χ4n) is 1.79. The molecule has 21 heavy (non-hydrogen) atoms. The summed E-state index contributed by atoms with van der Waals surface area (Å²) in [5.41, 5.74) is 1.54. The van der Waals surface area contributed by atoms with E-state index in [1.165, 1.54) is 10.9 Å². The van der Waals surface area contributed by atoms with Gasteiger partial charge in [0.15, 0.2) is 0 Å². The maximum atomic E-state index is 11.9. The number of imidazole rings is 1. The maximum absolute atomic E-state index is 11.9. The van der Waals surface area contributed by atoms with E-state index in [0.29, 0.717) is 24.0 Å². The minimum Gasteiger partial charge on any atom is -0.481 e. The molecule has 0 fully saturated rings. The number of rotatable bonds is 5. The Labute approximate surface area is 124 Å². The second-order valence-electron chi connectivity index (χ2n) is 5.17. The van der Waals surface area contributed by atoms with Gasteiger partial charge in [0.25, 0.3) is 0 Å². The molecule has 1 amide bonds. The third-order valence-corrected chi connectivity index (χ3v) is 3.06. The lowest BCUT2D eigenvalue weighted by Gasteiger charge is -2.06. The highest BCUT2D eigenvalue weighted by molar-refractivity contribution is 5.77. The number of hydrogen-bond acceptors (Lipinski definition) is 4. The van der Waals surface area contributed by atoms with Gasteiger partial charge in [0.1, 0.15) is 6.33 Å². The summed E-state index contributed by atoms with van der Waals surface area (Å²) in [5, 5.41) is 2.86. The molecule has 0 saturated carbocycles. The normalized spacial score (nSPS) is 10.7. The molecule has 112 valence electrons. The Morgan fingerprint density at radius 3 is 2.81 bits per heavy atom. The first-order valence-corrected chi connectivity index (χ1v) is 6.92. The van der Waals surface area contributed by atoms with Gasteiger partial charge in [-0.1, -0.05) is 13.8 Å². The van der Waals surface area contributed by atoms with Gasteiger partial charge < -0.3 is 10.1 Å². The van der Waals surface area contributed by atoms with Crippen LogP contribution in [0.1, 0.15) is 20.3 Å². The SMILES string of the molecule is COc1ccc(-c2cn(C(=O)NCCC(C)C)cn2)cn1. The van der Waals surface area contributed by atoms with E-state index in [-0.39, 0.29) is 6.03 Å². The van der Waals surface area contributed by atoms with Crippen molar-refractivity contribution in [2.24, 2.45) is 5.92 Å². The largest absolute Gasteiger partial charge is 0.481 e. The molecule has 6 nitrogen and oxygen atoms in total. The molecule has 1 N–H and O–H groups in total. The molecule has 0 aliphatic carbocycles. The molecule has 0 radical (unpaired) electrons. The number of ether oxygens (including phenoxy) is 1. The van der Waals surface area contributed by atoms with Crippen LogP contribution in [-0.4, -0.2) is 34.2 Å². The second kappa shape index (κ2) is 6.88. The molecule has 2 aromatic heterocycles. The van der Waals surface area contributed by atoms with Crippen molar-refractivity contribution >= 4 is 6.03 Å². The third-order valence-electron chi connectivity index (χ3n) is 3.06.